The minimum absolute atomic E-state index is 0.252. The lowest BCUT2D eigenvalue weighted by atomic mass is 10.2. The zero-order valence-corrected chi connectivity index (χ0v) is 22.9. The van der Waals surface area contributed by atoms with E-state index in [0.29, 0.717) is 40.4 Å². The lowest BCUT2D eigenvalue weighted by Gasteiger charge is -2.13. The van der Waals surface area contributed by atoms with Gasteiger partial charge in [-0.1, -0.05) is 70.5 Å². The fourth-order valence-electron chi connectivity index (χ4n) is 3.79. The Labute approximate surface area is 230 Å². The van der Waals surface area contributed by atoms with Crippen molar-refractivity contribution in [2.24, 2.45) is 5.10 Å². The normalized spacial score (nSPS) is 11.2. The van der Waals surface area contributed by atoms with Crippen LogP contribution < -0.4 is 15.0 Å². The van der Waals surface area contributed by atoms with Gasteiger partial charge < -0.3 is 9.47 Å². The lowest BCUT2D eigenvalue weighted by Crippen LogP contribution is -2.20. The van der Waals surface area contributed by atoms with Gasteiger partial charge in [0.2, 0.25) is 0 Å². The molecule has 1 heterocycles. The Morgan fingerprint density at radius 3 is 2.41 bits per heavy atom. The number of hydrogen-bond acceptors (Lipinski definition) is 5. The summed E-state index contributed by atoms with van der Waals surface area (Å²) in [5.74, 6) is 1.59. The predicted molar refractivity (Wildman–Crippen MR) is 154 cm³/mol. The van der Waals surface area contributed by atoms with E-state index in [1.54, 1.807) is 19.4 Å². The number of benzene rings is 4. The number of ether oxygens (including phenoxy) is 2. The highest BCUT2D eigenvalue weighted by Crippen LogP contribution is 2.33. The van der Waals surface area contributed by atoms with Gasteiger partial charge in [0, 0.05) is 20.1 Å². The molecule has 0 saturated carbocycles. The summed E-state index contributed by atoms with van der Waals surface area (Å²) in [5, 5.41) is 5.05. The molecule has 0 aliphatic rings. The molecule has 0 amide bonds. The maximum atomic E-state index is 13.4. The average molecular weight is 619 g/mol. The van der Waals surface area contributed by atoms with E-state index in [1.807, 2.05) is 84.9 Å². The van der Waals surface area contributed by atoms with Crippen molar-refractivity contribution in [1.29, 1.82) is 0 Å². The first kappa shape index (κ1) is 24.9. The van der Waals surface area contributed by atoms with Gasteiger partial charge in [-0.15, -0.1) is 0 Å². The third kappa shape index (κ3) is 5.50. The van der Waals surface area contributed by atoms with E-state index in [-0.39, 0.29) is 5.56 Å². The van der Waals surface area contributed by atoms with Crippen LogP contribution in [0.5, 0.6) is 11.5 Å². The maximum Gasteiger partial charge on any atom is 0.282 e. The third-order valence-corrected chi connectivity index (χ3v) is 6.90. The molecule has 6 nitrogen and oxygen atoms in total. The fraction of sp³-hybridized carbons (Fsp3) is 0.0690. The first-order valence-electron chi connectivity index (χ1n) is 11.4. The van der Waals surface area contributed by atoms with E-state index >= 15 is 0 Å². The Bertz CT molecular complexity index is 1650. The van der Waals surface area contributed by atoms with Crippen molar-refractivity contribution in [1.82, 2.24) is 9.66 Å². The second-order valence-corrected chi connectivity index (χ2v) is 9.89. The highest BCUT2D eigenvalue weighted by Gasteiger charge is 2.14. The first-order chi connectivity index (χ1) is 18.0. The largest absolute Gasteiger partial charge is 0.493 e. The van der Waals surface area contributed by atoms with Crippen LogP contribution in [0, 0.1) is 0 Å². The molecule has 0 bridgehead atoms. The van der Waals surface area contributed by atoms with E-state index in [1.165, 1.54) is 4.68 Å². The molecule has 0 saturated heterocycles. The zero-order chi connectivity index (χ0) is 25.8. The van der Waals surface area contributed by atoms with Crippen molar-refractivity contribution in [2.45, 2.75) is 6.61 Å². The van der Waals surface area contributed by atoms with Crippen molar-refractivity contribution in [3.05, 3.63) is 121 Å². The van der Waals surface area contributed by atoms with Crippen LogP contribution >= 0.6 is 31.9 Å². The Hall–Kier alpha value is -3.75. The number of fused-ring (bicyclic) bond motifs is 1. The number of para-hydroxylation sites is 1. The first-order valence-corrected chi connectivity index (χ1v) is 13.0. The van der Waals surface area contributed by atoms with Crippen molar-refractivity contribution >= 4 is 49.0 Å². The molecule has 8 heteroatoms. The minimum atomic E-state index is -0.252. The summed E-state index contributed by atoms with van der Waals surface area (Å²) in [6.45, 7) is 0.391. The molecule has 37 heavy (non-hydrogen) atoms. The van der Waals surface area contributed by atoms with Gasteiger partial charge in [0.15, 0.2) is 17.3 Å². The highest BCUT2D eigenvalue weighted by atomic mass is 79.9. The Balaban J connectivity index is 1.51. The summed E-state index contributed by atoms with van der Waals surface area (Å²) in [4.78, 5) is 18.1. The van der Waals surface area contributed by atoms with Crippen LogP contribution in [0.15, 0.2) is 110 Å². The molecular weight excluding hydrogens is 598 g/mol. The molecule has 0 atom stereocenters. The van der Waals surface area contributed by atoms with Crippen molar-refractivity contribution in [2.75, 3.05) is 7.11 Å². The molecule has 5 aromatic rings. The van der Waals surface area contributed by atoms with E-state index in [2.05, 4.69) is 37.0 Å². The molecule has 0 aliphatic carbocycles. The van der Waals surface area contributed by atoms with E-state index < -0.39 is 0 Å². The van der Waals surface area contributed by atoms with Gasteiger partial charge in [0.1, 0.15) is 6.61 Å². The number of nitrogens with zero attached hydrogens (tertiary/aromatic N) is 3. The van der Waals surface area contributed by atoms with Gasteiger partial charge in [-0.05, 0) is 57.9 Å². The zero-order valence-electron chi connectivity index (χ0n) is 19.8. The highest BCUT2D eigenvalue weighted by molar-refractivity contribution is 9.10. The standard InChI is InChI=1S/C29H21Br2N3O3/c1-36-26-15-21(24(31)16-27(26)37-18-19-11-13-22(30)14-12-19)17-32-34-28(20-7-3-2-4-8-20)33-25-10-6-5-9-23(25)29(34)35/h2-17H,18H2,1H3. The molecule has 184 valence electrons. The summed E-state index contributed by atoms with van der Waals surface area (Å²) >= 11 is 7.05. The van der Waals surface area contributed by atoms with Gasteiger partial charge >= 0.3 is 0 Å². The summed E-state index contributed by atoms with van der Waals surface area (Å²) in [5.41, 5.74) is 2.90. The van der Waals surface area contributed by atoms with Crippen LogP contribution in [0.3, 0.4) is 0 Å². The van der Waals surface area contributed by atoms with Crippen LogP contribution in [-0.4, -0.2) is 23.0 Å². The Morgan fingerprint density at radius 2 is 1.65 bits per heavy atom. The summed E-state index contributed by atoms with van der Waals surface area (Å²) in [6, 6.07) is 28.3. The molecule has 5 rings (SSSR count). The van der Waals surface area contributed by atoms with Crippen LogP contribution in [-0.2, 0) is 6.61 Å². The Kier molecular flexibility index (Phi) is 7.48. The molecule has 0 spiro atoms. The molecule has 1 aromatic heterocycles. The molecule has 0 aliphatic heterocycles. The number of methoxy groups -OCH3 is 1. The molecule has 0 radical (unpaired) electrons. The van der Waals surface area contributed by atoms with E-state index in [0.717, 1.165) is 20.1 Å². The van der Waals surface area contributed by atoms with E-state index in [4.69, 9.17) is 14.5 Å². The predicted octanol–water partition coefficient (Wildman–Crippen LogP) is 7.06. The molecule has 4 aromatic carbocycles. The van der Waals surface area contributed by atoms with Crippen LogP contribution in [0.1, 0.15) is 11.1 Å². The second-order valence-electron chi connectivity index (χ2n) is 8.12. The Morgan fingerprint density at radius 1 is 0.919 bits per heavy atom. The molecular formula is C29H21Br2N3O3. The third-order valence-electron chi connectivity index (χ3n) is 5.69. The second kappa shape index (κ2) is 11.1. The smallest absolute Gasteiger partial charge is 0.282 e. The molecule has 0 fully saturated rings. The van der Waals surface area contributed by atoms with Crippen LogP contribution in [0.2, 0.25) is 0 Å². The van der Waals surface area contributed by atoms with Gasteiger partial charge in [-0.3, -0.25) is 4.79 Å². The van der Waals surface area contributed by atoms with Crippen LogP contribution in [0.25, 0.3) is 22.3 Å². The SMILES string of the molecule is COc1cc(C=Nn2c(-c3ccccc3)nc3ccccc3c2=O)c(Br)cc1OCc1ccc(Br)cc1. The maximum absolute atomic E-state index is 13.4. The number of halogens is 2. The summed E-state index contributed by atoms with van der Waals surface area (Å²) in [7, 11) is 1.59. The van der Waals surface area contributed by atoms with Crippen molar-refractivity contribution in [3.8, 4) is 22.9 Å². The topological polar surface area (TPSA) is 65.7 Å². The average Bonchev–Trinajstić information content (AvgIpc) is 2.93. The van der Waals surface area contributed by atoms with Crippen molar-refractivity contribution in [3.63, 3.8) is 0 Å². The number of hydrogen-bond donors (Lipinski definition) is 0. The lowest BCUT2D eigenvalue weighted by molar-refractivity contribution is 0.284. The summed E-state index contributed by atoms with van der Waals surface area (Å²) < 4.78 is 14.7. The molecule has 0 unspecified atom stereocenters. The van der Waals surface area contributed by atoms with Gasteiger partial charge in [0.05, 0.1) is 24.2 Å². The summed E-state index contributed by atoms with van der Waals surface area (Å²) in [6.07, 6.45) is 1.61. The number of aromatic nitrogens is 2. The minimum Gasteiger partial charge on any atom is -0.493 e. The number of rotatable bonds is 7. The fourth-order valence-corrected chi connectivity index (χ4v) is 4.48. The van der Waals surface area contributed by atoms with Gasteiger partial charge in [-0.2, -0.15) is 9.78 Å². The van der Waals surface area contributed by atoms with Crippen molar-refractivity contribution < 1.29 is 9.47 Å². The van der Waals surface area contributed by atoms with Gasteiger partial charge in [0.25, 0.3) is 5.56 Å². The molecule has 0 N–H and O–H groups in total. The van der Waals surface area contributed by atoms with Crippen LogP contribution in [0.4, 0.5) is 0 Å². The van der Waals surface area contributed by atoms with E-state index in [9.17, 15) is 4.79 Å². The van der Waals surface area contributed by atoms with Gasteiger partial charge in [-0.25, -0.2) is 4.98 Å². The monoisotopic (exact) mass is 617 g/mol. The quantitative estimate of drug-likeness (QED) is 0.183.